The third kappa shape index (κ3) is 4.33. The Morgan fingerprint density at radius 3 is 2.61 bits per heavy atom. The van der Waals surface area contributed by atoms with Gasteiger partial charge in [-0.25, -0.2) is 0 Å². The number of hydrogen-bond acceptors (Lipinski definition) is 3. The molecule has 0 saturated heterocycles. The van der Waals surface area contributed by atoms with Gasteiger partial charge in [-0.05, 0) is 75.7 Å². The Morgan fingerprint density at radius 2 is 1.73 bits per heavy atom. The van der Waals surface area contributed by atoms with E-state index in [1.807, 2.05) is 61.5 Å². The lowest BCUT2D eigenvalue weighted by Gasteiger charge is -2.16. The summed E-state index contributed by atoms with van der Waals surface area (Å²) in [5.41, 5.74) is 4.41. The number of para-hydroxylation sites is 1. The number of amides is 1. The molecule has 4 aromatic carbocycles. The van der Waals surface area contributed by atoms with Crippen molar-refractivity contribution in [2.45, 2.75) is 13.5 Å². The lowest BCUT2D eigenvalue weighted by molar-refractivity contribution is -0.110. The molecular weight excluding hydrogens is 525 g/mol. The van der Waals surface area contributed by atoms with Gasteiger partial charge < -0.3 is 14.8 Å². The Hall–Kier alpha value is -3.32. The van der Waals surface area contributed by atoms with E-state index < -0.39 is 0 Å². The molecule has 1 N–H and O–H groups in total. The van der Waals surface area contributed by atoms with Crippen LogP contribution in [0, 0.1) is 3.57 Å². The molecule has 5 rings (SSSR count). The molecule has 0 radical (unpaired) electrons. The third-order valence-electron chi connectivity index (χ3n) is 5.60. The molecule has 5 heteroatoms. The van der Waals surface area contributed by atoms with Crippen molar-refractivity contribution in [3.8, 4) is 11.5 Å². The summed E-state index contributed by atoms with van der Waals surface area (Å²) >= 11 is 2.27. The summed E-state index contributed by atoms with van der Waals surface area (Å²) in [5, 5.41) is 5.29. The predicted molar refractivity (Wildman–Crippen MR) is 142 cm³/mol. The number of carbonyl (C=O) groups excluding carboxylic acids is 1. The highest BCUT2D eigenvalue weighted by Gasteiger charge is 2.23. The molecule has 0 unspecified atom stereocenters. The fourth-order valence-electron chi connectivity index (χ4n) is 4.09. The Balaban J connectivity index is 1.48. The van der Waals surface area contributed by atoms with Crippen LogP contribution in [0.15, 0.2) is 78.9 Å². The quantitative estimate of drug-likeness (QED) is 0.211. The topological polar surface area (TPSA) is 47.6 Å². The van der Waals surface area contributed by atoms with Crippen LogP contribution in [-0.4, -0.2) is 12.5 Å². The molecule has 0 aromatic heterocycles. The van der Waals surface area contributed by atoms with Gasteiger partial charge in [-0.3, -0.25) is 4.79 Å². The van der Waals surface area contributed by atoms with Crippen molar-refractivity contribution < 1.29 is 14.3 Å². The number of nitrogens with one attached hydrogen (secondary N) is 1. The molecule has 0 fully saturated rings. The van der Waals surface area contributed by atoms with E-state index in [1.165, 1.54) is 10.8 Å². The van der Waals surface area contributed by atoms with Crippen LogP contribution in [0.25, 0.3) is 22.4 Å². The molecule has 4 aromatic rings. The lowest BCUT2D eigenvalue weighted by atomic mass is 10.0. The van der Waals surface area contributed by atoms with Crippen LogP contribution in [0.1, 0.15) is 23.6 Å². The second-order valence-corrected chi connectivity index (χ2v) is 8.91. The zero-order valence-electron chi connectivity index (χ0n) is 18.1. The van der Waals surface area contributed by atoms with Crippen molar-refractivity contribution >= 4 is 56.6 Å². The van der Waals surface area contributed by atoms with Crippen LogP contribution in [-0.2, 0) is 11.4 Å². The molecule has 1 heterocycles. The van der Waals surface area contributed by atoms with Crippen molar-refractivity contribution in [2.75, 3.05) is 11.9 Å². The van der Waals surface area contributed by atoms with Gasteiger partial charge in [0.25, 0.3) is 5.91 Å². The Labute approximate surface area is 206 Å². The van der Waals surface area contributed by atoms with Gasteiger partial charge in [-0.1, -0.05) is 60.7 Å². The van der Waals surface area contributed by atoms with Gasteiger partial charge in [-0.15, -0.1) is 0 Å². The minimum Gasteiger partial charge on any atom is -0.490 e. The number of anilines is 1. The molecule has 1 amide bonds. The molecule has 0 spiro atoms. The highest BCUT2D eigenvalue weighted by Crippen LogP contribution is 2.38. The summed E-state index contributed by atoms with van der Waals surface area (Å²) < 4.78 is 13.1. The van der Waals surface area contributed by atoms with E-state index in [9.17, 15) is 4.79 Å². The summed E-state index contributed by atoms with van der Waals surface area (Å²) in [6, 6.07) is 26.2. The number of benzene rings is 4. The summed E-state index contributed by atoms with van der Waals surface area (Å²) in [7, 11) is 0. The van der Waals surface area contributed by atoms with E-state index in [1.54, 1.807) is 0 Å². The maximum Gasteiger partial charge on any atom is 0.256 e. The van der Waals surface area contributed by atoms with Gasteiger partial charge in [0.2, 0.25) is 0 Å². The molecule has 0 bridgehead atoms. The van der Waals surface area contributed by atoms with Gasteiger partial charge in [0.15, 0.2) is 11.5 Å². The standard InChI is InChI=1S/C28H22INO3/c1-2-32-26-16-18(14-23-22-12-5-6-13-25(22)30-28(23)31)15-24(29)27(26)33-17-20-10-7-9-19-8-3-4-11-21(19)20/h3-16H,2,17H2,1H3,(H,30,31)/b23-14-. The first-order valence-corrected chi connectivity index (χ1v) is 11.9. The number of rotatable bonds is 6. The van der Waals surface area contributed by atoms with Gasteiger partial charge >= 0.3 is 0 Å². The summed E-state index contributed by atoms with van der Waals surface area (Å²) in [4.78, 5) is 12.5. The van der Waals surface area contributed by atoms with E-state index in [0.717, 1.165) is 25.9 Å². The molecule has 1 aliphatic heterocycles. The Kier molecular flexibility index (Phi) is 6.05. The van der Waals surface area contributed by atoms with Crippen LogP contribution in [0.4, 0.5) is 5.69 Å². The van der Waals surface area contributed by atoms with Crippen LogP contribution in [0.2, 0.25) is 0 Å². The maximum atomic E-state index is 12.5. The van der Waals surface area contributed by atoms with Gasteiger partial charge in [0.1, 0.15) is 6.61 Å². The molecule has 1 aliphatic rings. The van der Waals surface area contributed by atoms with Crippen molar-refractivity contribution in [1.29, 1.82) is 0 Å². The zero-order valence-corrected chi connectivity index (χ0v) is 20.3. The van der Waals surface area contributed by atoms with Gasteiger partial charge in [0, 0.05) is 16.8 Å². The van der Waals surface area contributed by atoms with Gasteiger partial charge in [-0.2, -0.15) is 0 Å². The average molecular weight is 547 g/mol. The highest BCUT2D eigenvalue weighted by molar-refractivity contribution is 14.1. The highest BCUT2D eigenvalue weighted by atomic mass is 127. The SMILES string of the molecule is CCOc1cc(/C=C2\C(=O)Nc3ccccc32)cc(I)c1OCc1cccc2ccccc12. The van der Waals surface area contributed by atoms with E-state index in [-0.39, 0.29) is 5.91 Å². The minimum atomic E-state index is -0.0968. The van der Waals surface area contributed by atoms with Crippen LogP contribution in [0.3, 0.4) is 0 Å². The van der Waals surface area contributed by atoms with Gasteiger partial charge in [0.05, 0.1) is 10.2 Å². The van der Waals surface area contributed by atoms with E-state index in [0.29, 0.717) is 30.3 Å². The Bertz CT molecular complexity index is 1390. The number of hydrogen-bond donors (Lipinski definition) is 1. The van der Waals surface area contributed by atoms with E-state index >= 15 is 0 Å². The van der Waals surface area contributed by atoms with E-state index in [2.05, 4.69) is 58.2 Å². The normalized spacial score (nSPS) is 13.8. The number of fused-ring (bicyclic) bond motifs is 2. The van der Waals surface area contributed by atoms with Crippen molar-refractivity contribution in [3.05, 3.63) is 99.1 Å². The molecule has 0 aliphatic carbocycles. The summed E-state index contributed by atoms with van der Waals surface area (Å²) in [6.07, 6.45) is 1.90. The molecule has 33 heavy (non-hydrogen) atoms. The Morgan fingerprint density at radius 1 is 0.939 bits per heavy atom. The van der Waals surface area contributed by atoms with Crippen molar-refractivity contribution in [1.82, 2.24) is 0 Å². The van der Waals surface area contributed by atoms with Crippen LogP contribution in [0.5, 0.6) is 11.5 Å². The largest absolute Gasteiger partial charge is 0.490 e. The third-order valence-corrected chi connectivity index (χ3v) is 6.41. The monoisotopic (exact) mass is 547 g/mol. The zero-order chi connectivity index (χ0) is 22.8. The first-order valence-electron chi connectivity index (χ1n) is 10.8. The van der Waals surface area contributed by atoms with Crippen LogP contribution >= 0.6 is 22.6 Å². The maximum absolute atomic E-state index is 12.5. The summed E-state index contributed by atoms with van der Waals surface area (Å²) in [5.74, 6) is 1.28. The average Bonchev–Trinajstić information content (AvgIpc) is 3.14. The fourth-order valence-corrected chi connectivity index (χ4v) is 4.87. The second kappa shape index (κ2) is 9.27. The lowest BCUT2D eigenvalue weighted by Crippen LogP contribution is -2.04. The molecule has 4 nitrogen and oxygen atoms in total. The van der Waals surface area contributed by atoms with Crippen molar-refractivity contribution in [2.24, 2.45) is 0 Å². The smallest absolute Gasteiger partial charge is 0.256 e. The molecule has 0 atom stereocenters. The van der Waals surface area contributed by atoms with E-state index in [4.69, 9.17) is 9.47 Å². The number of carbonyl (C=O) groups is 1. The fraction of sp³-hybridized carbons (Fsp3) is 0.107. The molecular formula is C28H22INO3. The van der Waals surface area contributed by atoms with Crippen molar-refractivity contribution in [3.63, 3.8) is 0 Å². The molecule has 164 valence electrons. The number of halogens is 1. The number of ether oxygens (including phenoxy) is 2. The predicted octanol–water partition coefficient (Wildman–Crippen LogP) is 6.91. The molecule has 0 saturated carbocycles. The first-order chi connectivity index (χ1) is 16.1. The van der Waals surface area contributed by atoms with Crippen LogP contribution < -0.4 is 14.8 Å². The second-order valence-electron chi connectivity index (χ2n) is 7.75. The minimum absolute atomic E-state index is 0.0968. The summed E-state index contributed by atoms with van der Waals surface area (Å²) in [6.45, 7) is 2.91. The first kappa shape index (κ1) is 21.5.